The summed E-state index contributed by atoms with van der Waals surface area (Å²) in [5, 5.41) is 66.8. The summed E-state index contributed by atoms with van der Waals surface area (Å²) in [7, 11) is 0. The van der Waals surface area contributed by atoms with E-state index < -0.39 is 59.6 Å². The fraction of sp³-hybridized carbons (Fsp3) is 0.596. The smallest absolute Gasteiger partial charge is 0.326 e. The number of urea groups is 1. The molecule has 9 N–H and O–H groups in total. The van der Waals surface area contributed by atoms with Gasteiger partial charge in [0.1, 0.15) is 23.4 Å². The van der Waals surface area contributed by atoms with Gasteiger partial charge in [0, 0.05) is 90.0 Å². The summed E-state index contributed by atoms with van der Waals surface area (Å²) in [6.45, 7) is 4.74. The van der Waals surface area contributed by atoms with Crippen molar-refractivity contribution in [1.82, 2.24) is 35.6 Å². The summed E-state index contributed by atoms with van der Waals surface area (Å²) >= 11 is 0. The molecule has 0 radical (unpaired) electrons. The number of aliphatic hydroxyl groups is 1. The molecular weight excluding hydrogens is 963 g/mol. The number of aliphatic hydroxyl groups excluding tert-OH is 1. The summed E-state index contributed by atoms with van der Waals surface area (Å²) < 4.78 is 0. The van der Waals surface area contributed by atoms with Crippen LogP contribution >= 0.6 is 0 Å². The average Bonchev–Trinajstić information content (AvgIpc) is 3.33. The van der Waals surface area contributed by atoms with Crippen LogP contribution in [0.5, 0.6) is 0 Å². The molecule has 1 saturated carbocycles. The first-order valence-corrected chi connectivity index (χ1v) is 25.5. The van der Waals surface area contributed by atoms with Crippen LogP contribution < -0.4 is 16.0 Å². The van der Waals surface area contributed by atoms with Crippen LogP contribution in [0.25, 0.3) is 10.8 Å². The van der Waals surface area contributed by atoms with Crippen LogP contribution in [0, 0.1) is 17.8 Å². The lowest BCUT2D eigenvalue weighted by Crippen LogP contribution is -2.49. The molecule has 4 rings (SSSR count). The van der Waals surface area contributed by atoms with E-state index in [1.807, 2.05) is 47.4 Å². The zero-order chi connectivity index (χ0) is 54.2. The van der Waals surface area contributed by atoms with Gasteiger partial charge in [-0.15, -0.1) is 0 Å². The van der Waals surface area contributed by atoms with Gasteiger partial charge in [-0.25, -0.2) is 9.59 Å². The van der Waals surface area contributed by atoms with Crippen molar-refractivity contribution in [2.75, 3.05) is 85.1 Å². The number of carbonyl (C=O) groups excluding carboxylic acids is 4. The van der Waals surface area contributed by atoms with Crippen LogP contribution in [-0.4, -0.2) is 201 Å². The van der Waals surface area contributed by atoms with Gasteiger partial charge in [0.05, 0.1) is 32.2 Å². The number of amides is 3. The van der Waals surface area contributed by atoms with Crippen molar-refractivity contribution in [3.05, 3.63) is 60.4 Å². The number of unbranched alkanes of at least 4 members (excludes halogenated alkanes) is 2. The molecule has 2 fully saturated rings. The largest absolute Gasteiger partial charge is 0.511 e. The highest BCUT2D eigenvalue weighted by Crippen LogP contribution is 2.30. The molecule has 1 unspecified atom stereocenters. The van der Waals surface area contributed by atoms with Gasteiger partial charge in [-0.1, -0.05) is 61.9 Å². The van der Waals surface area contributed by atoms with Crippen LogP contribution in [0.2, 0.25) is 0 Å². The standard InChI is InChI=1S/C52H75N7O15/c1-35(60)43(17-18-46(63)64)54-52(74)55-44(51(72)73)9-3-2-4-10-45(62)39-15-11-36(12-16-39)30-53-50(71)41(28-37-13-14-38-7-5-6-8-40(38)27-37)29-42(61)31-56-19-21-57(32-47(65)66)23-25-59(34-49(69)70)26-24-58(22-20-56)33-48(67)68/h5-8,13-14,27,36,39,41,43-44,60H,1-4,9-12,15-26,28-34H2,(H,53,71)(H,63,64)(H,65,66)(H,67,68)(H,69,70)(H,72,73)(H2,54,55,74)/t36?,39?,41?,43-,44-/m0/s1. The molecule has 22 heteroatoms. The van der Waals surface area contributed by atoms with Crippen LogP contribution in [0.1, 0.15) is 82.6 Å². The van der Waals surface area contributed by atoms with E-state index in [9.17, 15) is 68.7 Å². The van der Waals surface area contributed by atoms with E-state index in [0.29, 0.717) is 57.9 Å². The normalized spacial score (nSPS) is 18.9. The van der Waals surface area contributed by atoms with Crippen molar-refractivity contribution in [2.24, 2.45) is 17.8 Å². The summed E-state index contributed by atoms with van der Waals surface area (Å²) in [6, 6.07) is 10.6. The van der Waals surface area contributed by atoms with Gasteiger partial charge >= 0.3 is 35.9 Å². The summed E-state index contributed by atoms with van der Waals surface area (Å²) in [5.74, 6) is -7.16. The minimum Gasteiger partial charge on any atom is -0.511 e. The van der Waals surface area contributed by atoms with Gasteiger partial charge in [0.2, 0.25) is 5.91 Å². The molecule has 1 heterocycles. The topological polar surface area (TPSA) is 324 Å². The van der Waals surface area contributed by atoms with Crippen LogP contribution in [0.4, 0.5) is 4.79 Å². The highest BCUT2D eigenvalue weighted by Gasteiger charge is 2.30. The Morgan fingerprint density at radius 1 is 0.581 bits per heavy atom. The predicted octanol–water partition coefficient (Wildman–Crippen LogP) is 2.93. The number of rotatable bonds is 29. The SMILES string of the molecule is C=C(O)[C@H](CCC(=O)O)NC(=O)N[C@@H](CCCCCC(=O)C1CCC(CNC(=O)C(CC(=O)CN2CCN(CC(=O)O)CCN(CC(=O)O)CCN(CC(=O)O)CC2)Cc2ccc3ccccc3c2)CC1)C(=O)O. The number of fused-ring (bicyclic) bond motifs is 1. The van der Waals surface area contributed by atoms with Gasteiger partial charge in [0.25, 0.3) is 0 Å². The number of hydrogen-bond acceptors (Lipinski definition) is 14. The monoisotopic (exact) mass is 1040 g/mol. The number of aliphatic carboxylic acids is 5. The van der Waals surface area contributed by atoms with Crippen molar-refractivity contribution < 1.29 is 73.8 Å². The molecule has 408 valence electrons. The maximum Gasteiger partial charge on any atom is 0.326 e. The van der Waals surface area contributed by atoms with Gasteiger partial charge in [-0.05, 0) is 73.6 Å². The quantitative estimate of drug-likeness (QED) is 0.0418. The van der Waals surface area contributed by atoms with E-state index in [1.54, 1.807) is 14.7 Å². The third-order valence-electron chi connectivity index (χ3n) is 13.8. The maximum atomic E-state index is 14.1. The Morgan fingerprint density at radius 3 is 1.62 bits per heavy atom. The molecule has 3 atom stereocenters. The average molecular weight is 1040 g/mol. The molecule has 3 amide bonds. The molecule has 1 aliphatic heterocycles. The van der Waals surface area contributed by atoms with E-state index in [-0.39, 0.29) is 140 Å². The zero-order valence-corrected chi connectivity index (χ0v) is 42.2. The van der Waals surface area contributed by atoms with Crippen molar-refractivity contribution in [1.29, 1.82) is 0 Å². The minimum absolute atomic E-state index is 0.0619. The Bertz CT molecular complexity index is 2220. The van der Waals surface area contributed by atoms with Crippen molar-refractivity contribution >= 4 is 64.1 Å². The second-order valence-corrected chi connectivity index (χ2v) is 19.6. The molecule has 1 saturated heterocycles. The van der Waals surface area contributed by atoms with Gasteiger partial charge < -0.3 is 46.6 Å². The molecule has 0 bridgehead atoms. The zero-order valence-electron chi connectivity index (χ0n) is 42.2. The minimum atomic E-state index is -1.27. The number of ketones is 2. The fourth-order valence-electron chi connectivity index (χ4n) is 9.59. The van der Waals surface area contributed by atoms with Gasteiger partial charge in [0.15, 0.2) is 0 Å². The third-order valence-corrected chi connectivity index (χ3v) is 13.8. The molecular formula is C52H75N7O15. The highest BCUT2D eigenvalue weighted by molar-refractivity contribution is 5.89. The van der Waals surface area contributed by atoms with E-state index in [4.69, 9.17) is 5.11 Å². The first kappa shape index (κ1) is 60.1. The molecule has 2 aromatic rings. The molecule has 22 nitrogen and oxygen atoms in total. The Hall–Kier alpha value is -6.49. The number of Topliss-reactive ketones (excluding diaryl/α,β-unsaturated/α-hetero) is 2. The van der Waals surface area contributed by atoms with Crippen LogP contribution in [-0.2, 0) is 44.8 Å². The second kappa shape index (κ2) is 31.3. The first-order valence-electron chi connectivity index (χ1n) is 25.5. The van der Waals surface area contributed by atoms with Crippen molar-refractivity contribution in [3.63, 3.8) is 0 Å². The predicted molar refractivity (Wildman–Crippen MR) is 272 cm³/mol. The highest BCUT2D eigenvalue weighted by atomic mass is 16.4. The summed E-state index contributed by atoms with van der Waals surface area (Å²) in [5.41, 5.74) is 0.879. The number of nitrogens with zero attached hydrogens (tertiary/aromatic N) is 4. The third kappa shape index (κ3) is 22.7. The molecule has 0 spiro atoms. The Labute approximate surface area is 431 Å². The van der Waals surface area contributed by atoms with Crippen LogP contribution in [0.3, 0.4) is 0 Å². The van der Waals surface area contributed by atoms with E-state index in [2.05, 4.69) is 22.5 Å². The van der Waals surface area contributed by atoms with Crippen molar-refractivity contribution in [2.45, 2.75) is 95.6 Å². The number of benzene rings is 2. The lowest BCUT2D eigenvalue weighted by molar-refractivity contribution is -0.140. The lowest BCUT2D eigenvalue weighted by atomic mass is 9.79. The molecule has 2 aliphatic rings. The molecule has 2 aromatic carbocycles. The van der Waals surface area contributed by atoms with Gasteiger partial charge in [-0.3, -0.25) is 53.2 Å². The van der Waals surface area contributed by atoms with E-state index in [1.165, 1.54) is 0 Å². The first-order chi connectivity index (χ1) is 35.2. The van der Waals surface area contributed by atoms with E-state index in [0.717, 1.165) is 16.3 Å². The molecule has 74 heavy (non-hydrogen) atoms. The molecule has 1 aliphatic carbocycles. The fourth-order valence-corrected chi connectivity index (χ4v) is 9.59. The number of nitrogens with one attached hydrogen (secondary N) is 3. The van der Waals surface area contributed by atoms with Crippen molar-refractivity contribution in [3.8, 4) is 0 Å². The van der Waals surface area contributed by atoms with Crippen LogP contribution in [0.15, 0.2) is 54.8 Å². The summed E-state index contributed by atoms with van der Waals surface area (Å²) in [6.07, 6.45) is 4.34. The summed E-state index contributed by atoms with van der Waals surface area (Å²) in [4.78, 5) is 119. The lowest BCUT2D eigenvalue weighted by Gasteiger charge is -2.33. The Kier molecular flexibility index (Phi) is 25.4. The maximum absolute atomic E-state index is 14.1. The Morgan fingerprint density at radius 2 is 1.11 bits per heavy atom. The van der Waals surface area contributed by atoms with E-state index >= 15 is 0 Å². The second-order valence-electron chi connectivity index (χ2n) is 19.6. The number of hydrogen-bond donors (Lipinski definition) is 9. The van der Waals surface area contributed by atoms with Gasteiger partial charge in [-0.2, -0.15) is 0 Å². The Balaban J connectivity index is 1.31. The number of carboxylic acids is 5. The molecule has 0 aromatic heterocycles. The number of carboxylic acid groups (broad SMARTS) is 5. The number of carbonyl (C=O) groups is 9.